The molecule has 0 fully saturated rings. The van der Waals surface area contributed by atoms with Crippen LogP contribution in [0.5, 0.6) is 5.75 Å². The third kappa shape index (κ3) is 3.92. The number of amides is 1. The van der Waals surface area contributed by atoms with Gasteiger partial charge in [0.2, 0.25) is 0 Å². The Morgan fingerprint density at radius 2 is 1.95 bits per heavy atom. The van der Waals surface area contributed by atoms with Crippen molar-refractivity contribution in [2.75, 3.05) is 7.11 Å². The first kappa shape index (κ1) is 15.3. The van der Waals surface area contributed by atoms with Crippen LogP contribution < -0.4 is 10.1 Å². The SMILES string of the molecule is COc1ccsc1C(=O)N[C@@H](C)CC(=O)c1ccccc1. The number of ether oxygens (including phenoxy) is 1. The highest BCUT2D eigenvalue weighted by molar-refractivity contribution is 7.12. The van der Waals surface area contributed by atoms with Crippen LogP contribution in [0.15, 0.2) is 41.8 Å². The van der Waals surface area contributed by atoms with Gasteiger partial charge in [0, 0.05) is 18.0 Å². The van der Waals surface area contributed by atoms with Crippen molar-refractivity contribution in [1.82, 2.24) is 5.32 Å². The molecule has 0 saturated carbocycles. The van der Waals surface area contributed by atoms with Gasteiger partial charge in [-0.05, 0) is 18.4 Å². The maximum atomic E-state index is 12.1. The standard InChI is InChI=1S/C16H17NO3S/c1-11(10-13(18)12-6-4-3-5-7-12)17-16(19)15-14(20-2)8-9-21-15/h3-9,11H,10H2,1-2H3,(H,17,19)/t11-/m0/s1. The fraction of sp³-hybridized carbons (Fsp3) is 0.250. The quantitative estimate of drug-likeness (QED) is 0.834. The van der Waals surface area contributed by atoms with E-state index in [1.807, 2.05) is 25.1 Å². The van der Waals surface area contributed by atoms with E-state index in [4.69, 9.17) is 4.74 Å². The van der Waals surface area contributed by atoms with Crippen molar-refractivity contribution < 1.29 is 14.3 Å². The van der Waals surface area contributed by atoms with Crippen LogP contribution >= 0.6 is 11.3 Å². The molecule has 1 amide bonds. The van der Waals surface area contributed by atoms with Crippen LogP contribution in [0.3, 0.4) is 0 Å². The van der Waals surface area contributed by atoms with Crippen LogP contribution in [-0.2, 0) is 0 Å². The molecule has 0 aliphatic carbocycles. The molecule has 0 aliphatic rings. The number of hydrogen-bond acceptors (Lipinski definition) is 4. The van der Waals surface area contributed by atoms with Gasteiger partial charge in [0.05, 0.1) is 7.11 Å². The number of hydrogen-bond donors (Lipinski definition) is 1. The van der Waals surface area contributed by atoms with Gasteiger partial charge in [-0.15, -0.1) is 11.3 Å². The minimum absolute atomic E-state index is 0.0153. The van der Waals surface area contributed by atoms with E-state index < -0.39 is 0 Å². The number of nitrogens with one attached hydrogen (secondary N) is 1. The zero-order valence-electron chi connectivity index (χ0n) is 12.0. The van der Waals surface area contributed by atoms with E-state index in [0.717, 1.165) is 0 Å². The summed E-state index contributed by atoms with van der Waals surface area (Å²) in [5.74, 6) is 0.357. The van der Waals surface area contributed by atoms with E-state index in [1.165, 1.54) is 18.4 Å². The van der Waals surface area contributed by atoms with Crippen molar-refractivity contribution >= 4 is 23.0 Å². The molecule has 0 saturated heterocycles. The van der Waals surface area contributed by atoms with Gasteiger partial charge in [0.1, 0.15) is 10.6 Å². The summed E-state index contributed by atoms with van der Waals surface area (Å²) < 4.78 is 5.12. The number of ketones is 1. The summed E-state index contributed by atoms with van der Waals surface area (Å²) in [7, 11) is 1.53. The average molecular weight is 303 g/mol. The van der Waals surface area contributed by atoms with Crippen LogP contribution in [0.1, 0.15) is 33.4 Å². The summed E-state index contributed by atoms with van der Waals surface area (Å²) in [5.41, 5.74) is 0.660. The van der Waals surface area contributed by atoms with Crippen molar-refractivity contribution in [3.8, 4) is 5.75 Å². The predicted octanol–water partition coefficient (Wildman–Crippen LogP) is 3.15. The van der Waals surface area contributed by atoms with Crippen molar-refractivity contribution in [3.63, 3.8) is 0 Å². The van der Waals surface area contributed by atoms with Crippen molar-refractivity contribution in [3.05, 3.63) is 52.2 Å². The van der Waals surface area contributed by atoms with E-state index in [1.54, 1.807) is 23.6 Å². The minimum atomic E-state index is -0.239. The number of carbonyl (C=O) groups is 2. The number of methoxy groups -OCH3 is 1. The molecule has 1 atom stereocenters. The molecule has 0 unspecified atom stereocenters. The fourth-order valence-electron chi connectivity index (χ4n) is 1.98. The summed E-state index contributed by atoms with van der Waals surface area (Å²) in [6.45, 7) is 1.82. The van der Waals surface area contributed by atoms with E-state index in [9.17, 15) is 9.59 Å². The zero-order chi connectivity index (χ0) is 15.2. The van der Waals surface area contributed by atoms with Gasteiger partial charge in [-0.3, -0.25) is 9.59 Å². The Labute approximate surface area is 127 Å². The van der Waals surface area contributed by atoms with Crippen LogP contribution in [0.25, 0.3) is 0 Å². The van der Waals surface area contributed by atoms with E-state index in [2.05, 4.69) is 5.32 Å². The Kier molecular flexibility index (Phi) is 5.11. The minimum Gasteiger partial charge on any atom is -0.495 e. The lowest BCUT2D eigenvalue weighted by Crippen LogP contribution is -2.34. The molecule has 0 bridgehead atoms. The molecule has 1 heterocycles. The molecule has 1 N–H and O–H groups in total. The molecule has 21 heavy (non-hydrogen) atoms. The second kappa shape index (κ2) is 7.04. The Balaban J connectivity index is 1.94. The monoisotopic (exact) mass is 303 g/mol. The van der Waals surface area contributed by atoms with Gasteiger partial charge in [-0.2, -0.15) is 0 Å². The first-order chi connectivity index (χ1) is 10.1. The highest BCUT2D eigenvalue weighted by atomic mass is 32.1. The lowest BCUT2D eigenvalue weighted by atomic mass is 10.0. The van der Waals surface area contributed by atoms with Crippen LogP contribution in [0.2, 0.25) is 0 Å². The van der Waals surface area contributed by atoms with Gasteiger partial charge >= 0.3 is 0 Å². The molecule has 5 heteroatoms. The van der Waals surface area contributed by atoms with E-state index in [-0.39, 0.29) is 24.2 Å². The summed E-state index contributed by atoms with van der Waals surface area (Å²) in [6.07, 6.45) is 0.267. The molecule has 0 aliphatic heterocycles. The van der Waals surface area contributed by atoms with Crippen molar-refractivity contribution in [2.45, 2.75) is 19.4 Å². The summed E-state index contributed by atoms with van der Waals surface area (Å²) in [4.78, 5) is 24.7. The largest absolute Gasteiger partial charge is 0.495 e. The molecule has 2 rings (SSSR count). The molecule has 2 aromatic rings. The first-order valence-corrected chi connectivity index (χ1v) is 7.50. The third-order valence-electron chi connectivity index (χ3n) is 3.02. The molecule has 110 valence electrons. The Morgan fingerprint density at radius 1 is 1.24 bits per heavy atom. The molecule has 1 aromatic carbocycles. The molecule has 0 spiro atoms. The Hall–Kier alpha value is -2.14. The first-order valence-electron chi connectivity index (χ1n) is 6.62. The molecular formula is C16H17NO3S. The van der Waals surface area contributed by atoms with E-state index in [0.29, 0.717) is 16.2 Å². The maximum Gasteiger partial charge on any atom is 0.265 e. The number of rotatable bonds is 6. The van der Waals surface area contributed by atoms with Crippen molar-refractivity contribution in [1.29, 1.82) is 0 Å². The van der Waals surface area contributed by atoms with Gasteiger partial charge < -0.3 is 10.1 Å². The second-order valence-electron chi connectivity index (χ2n) is 4.69. The molecule has 1 aromatic heterocycles. The summed E-state index contributed by atoms with van der Waals surface area (Å²) >= 11 is 1.32. The zero-order valence-corrected chi connectivity index (χ0v) is 12.8. The smallest absolute Gasteiger partial charge is 0.265 e. The van der Waals surface area contributed by atoms with E-state index >= 15 is 0 Å². The van der Waals surface area contributed by atoms with Crippen LogP contribution in [-0.4, -0.2) is 24.8 Å². The number of Topliss-reactive ketones (excluding diaryl/α,β-unsaturated/α-hetero) is 1. The maximum absolute atomic E-state index is 12.1. The fourth-order valence-corrected chi connectivity index (χ4v) is 2.75. The molecule has 4 nitrogen and oxygen atoms in total. The predicted molar refractivity (Wildman–Crippen MR) is 83.2 cm³/mol. The average Bonchev–Trinajstić information content (AvgIpc) is 2.96. The highest BCUT2D eigenvalue weighted by Gasteiger charge is 2.18. The van der Waals surface area contributed by atoms with Crippen molar-refractivity contribution in [2.24, 2.45) is 0 Å². The van der Waals surface area contributed by atoms with Gasteiger partial charge in [0.15, 0.2) is 5.78 Å². The highest BCUT2D eigenvalue weighted by Crippen LogP contribution is 2.24. The van der Waals surface area contributed by atoms with Gasteiger partial charge in [-0.25, -0.2) is 0 Å². The van der Waals surface area contributed by atoms with Crippen LogP contribution in [0.4, 0.5) is 0 Å². The summed E-state index contributed by atoms with van der Waals surface area (Å²) in [6, 6.07) is 10.6. The van der Waals surface area contributed by atoms with Gasteiger partial charge in [0.25, 0.3) is 5.91 Å². The number of benzene rings is 1. The molecule has 0 radical (unpaired) electrons. The lowest BCUT2D eigenvalue weighted by molar-refractivity contribution is 0.0919. The van der Waals surface area contributed by atoms with Gasteiger partial charge in [-0.1, -0.05) is 30.3 Å². The number of carbonyl (C=O) groups excluding carboxylic acids is 2. The third-order valence-corrected chi connectivity index (χ3v) is 3.91. The topological polar surface area (TPSA) is 55.4 Å². The lowest BCUT2D eigenvalue weighted by Gasteiger charge is -2.13. The Morgan fingerprint density at radius 3 is 2.62 bits per heavy atom. The number of thiophene rings is 1. The normalized spacial score (nSPS) is 11.7. The second-order valence-corrected chi connectivity index (χ2v) is 5.60. The molecular weight excluding hydrogens is 286 g/mol. The summed E-state index contributed by atoms with van der Waals surface area (Å²) in [5, 5.41) is 4.63. The Bertz CT molecular complexity index is 621. The van der Waals surface area contributed by atoms with Crippen LogP contribution in [0, 0.1) is 0 Å².